The summed E-state index contributed by atoms with van der Waals surface area (Å²) in [6.07, 6.45) is 5.83. The van der Waals surface area contributed by atoms with Crippen molar-refractivity contribution in [3.05, 3.63) is 12.2 Å². The van der Waals surface area contributed by atoms with Crippen molar-refractivity contribution in [3.63, 3.8) is 0 Å². The second kappa shape index (κ2) is 3.09. The number of ketones is 2. The van der Waals surface area contributed by atoms with Crippen LogP contribution >= 0.6 is 0 Å². The average Bonchev–Trinajstić information content (AvgIpc) is 2.12. The Morgan fingerprint density at radius 1 is 1.23 bits per heavy atom. The van der Waals surface area contributed by atoms with Gasteiger partial charge in [-0.1, -0.05) is 19.1 Å². The van der Waals surface area contributed by atoms with Crippen LogP contribution in [-0.4, -0.2) is 11.6 Å². The highest BCUT2D eigenvalue weighted by atomic mass is 16.1. The molecule has 70 valence electrons. The summed E-state index contributed by atoms with van der Waals surface area (Å²) in [6.45, 7) is 2.03. The molecular weight excluding hydrogens is 164 g/mol. The van der Waals surface area contributed by atoms with E-state index in [1.807, 2.05) is 13.0 Å². The van der Waals surface area contributed by atoms with Gasteiger partial charge in [0.05, 0.1) is 0 Å². The first kappa shape index (κ1) is 8.67. The number of rotatable bonds is 0. The molecule has 1 saturated carbocycles. The van der Waals surface area contributed by atoms with Crippen molar-refractivity contribution in [2.24, 2.45) is 17.8 Å². The van der Waals surface area contributed by atoms with E-state index in [0.29, 0.717) is 24.4 Å². The number of fused-ring (bicyclic) bond motifs is 1. The fraction of sp³-hybridized carbons (Fsp3) is 0.636. The van der Waals surface area contributed by atoms with Crippen molar-refractivity contribution in [2.45, 2.75) is 26.2 Å². The smallest absolute Gasteiger partial charge is 0.137 e. The summed E-state index contributed by atoms with van der Waals surface area (Å²) in [7, 11) is 0. The molecule has 3 atom stereocenters. The molecule has 0 saturated heterocycles. The summed E-state index contributed by atoms with van der Waals surface area (Å²) < 4.78 is 0. The van der Waals surface area contributed by atoms with Gasteiger partial charge in [-0.05, 0) is 12.3 Å². The fourth-order valence-corrected chi connectivity index (χ4v) is 2.52. The maximum atomic E-state index is 11.6. The minimum atomic E-state index is -0.00810. The molecule has 0 heterocycles. The molecule has 0 aromatic rings. The van der Waals surface area contributed by atoms with Crippen molar-refractivity contribution >= 4 is 11.6 Å². The van der Waals surface area contributed by atoms with E-state index in [0.717, 1.165) is 6.42 Å². The lowest BCUT2D eigenvalue weighted by atomic mass is 9.67. The maximum absolute atomic E-state index is 11.6. The molecule has 1 fully saturated rings. The molecule has 2 aliphatic carbocycles. The molecule has 0 radical (unpaired) electrons. The van der Waals surface area contributed by atoms with Crippen molar-refractivity contribution in [3.8, 4) is 0 Å². The lowest BCUT2D eigenvalue weighted by Gasteiger charge is -2.34. The van der Waals surface area contributed by atoms with Gasteiger partial charge in [0.25, 0.3) is 0 Å². The van der Waals surface area contributed by atoms with Crippen LogP contribution in [0, 0.1) is 17.8 Å². The zero-order chi connectivity index (χ0) is 9.42. The average molecular weight is 178 g/mol. The standard InChI is InChI=1S/C11H14O2/c1-7-3-2-4-8-9(12)5-6-10(13)11(7)8/h2-3,7-8,11H,4-6H2,1H3/t7-,8-,11-/m1/s1. The molecule has 0 spiro atoms. The summed E-state index contributed by atoms with van der Waals surface area (Å²) in [5.41, 5.74) is 0. The van der Waals surface area contributed by atoms with Crippen LogP contribution in [0.15, 0.2) is 12.2 Å². The summed E-state index contributed by atoms with van der Waals surface area (Å²) >= 11 is 0. The van der Waals surface area contributed by atoms with Gasteiger partial charge in [-0.15, -0.1) is 0 Å². The SMILES string of the molecule is C[C@@H]1C=CC[C@@H]2C(=O)CCC(=O)[C@H]12. The van der Waals surface area contributed by atoms with Gasteiger partial charge in [0.1, 0.15) is 11.6 Å². The minimum Gasteiger partial charge on any atom is -0.299 e. The molecule has 2 heteroatoms. The summed E-state index contributed by atoms with van der Waals surface area (Å²) in [5, 5.41) is 0. The van der Waals surface area contributed by atoms with Crippen LogP contribution in [0.1, 0.15) is 26.2 Å². The van der Waals surface area contributed by atoms with E-state index in [4.69, 9.17) is 0 Å². The van der Waals surface area contributed by atoms with Crippen LogP contribution in [0.5, 0.6) is 0 Å². The molecule has 2 rings (SSSR count). The van der Waals surface area contributed by atoms with E-state index in [-0.39, 0.29) is 17.8 Å². The first-order valence-electron chi connectivity index (χ1n) is 4.92. The summed E-state index contributed by atoms with van der Waals surface area (Å²) in [6, 6.07) is 0. The molecule has 2 nitrogen and oxygen atoms in total. The molecule has 0 unspecified atom stereocenters. The van der Waals surface area contributed by atoms with Crippen LogP contribution < -0.4 is 0 Å². The molecular formula is C11H14O2. The van der Waals surface area contributed by atoms with Crippen molar-refractivity contribution in [2.75, 3.05) is 0 Å². The third-order valence-electron chi connectivity index (χ3n) is 3.23. The fourth-order valence-electron chi connectivity index (χ4n) is 2.52. The Labute approximate surface area is 78.0 Å². The first-order chi connectivity index (χ1) is 6.20. The third kappa shape index (κ3) is 1.34. The molecule has 0 aliphatic heterocycles. The Bertz CT molecular complexity index is 278. The van der Waals surface area contributed by atoms with Crippen LogP contribution in [0.25, 0.3) is 0 Å². The van der Waals surface area contributed by atoms with E-state index in [2.05, 4.69) is 6.08 Å². The number of Topliss-reactive ketones (excluding diaryl/α,β-unsaturated/α-hetero) is 2. The topological polar surface area (TPSA) is 34.1 Å². The Hall–Kier alpha value is -0.920. The molecule has 0 amide bonds. The highest BCUT2D eigenvalue weighted by molar-refractivity contribution is 5.96. The number of hydrogen-bond donors (Lipinski definition) is 0. The Kier molecular flexibility index (Phi) is 2.06. The van der Waals surface area contributed by atoms with Gasteiger partial charge >= 0.3 is 0 Å². The Morgan fingerprint density at radius 2 is 1.92 bits per heavy atom. The van der Waals surface area contributed by atoms with Gasteiger partial charge in [0, 0.05) is 24.7 Å². The van der Waals surface area contributed by atoms with E-state index < -0.39 is 0 Å². The number of carbonyl (C=O) groups is 2. The van der Waals surface area contributed by atoms with Crippen LogP contribution in [0.3, 0.4) is 0 Å². The van der Waals surface area contributed by atoms with Crippen molar-refractivity contribution < 1.29 is 9.59 Å². The molecule has 0 aromatic heterocycles. The lowest BCUT2D eigenvalue weighted by molar-refractivity contribution is -0.139. The molecule has 0 N–H and O–H groups in total. The zero-order valence-corrected chi connectivity index (χ0v) is 7.82. The van der Waals surface area contributed by atoms with Crippen molar-refractivity contribution in [1.82, 2.24) is 0 Å². The predicted molar refractivity (Wildman–Crippen MR) is 49.1 cm³/mol. The van der Waals surface area contributed by atoms with Gasteiger partial charge in [0.2, 0.25) is 0 Å². The van der Waals surface area contributed by atoms with Crippen LogP contribution in [-0.2, 0) is 9.59 Å². The summed E-state index contributed by atoms with van der Waals surface area (Å²) in [4.78, 5) is 23.1. The van der Waals surface area contributed by atoms with Gasteiger partial charge in [-0.2, -0.15) is 0 Å². The van der Waals surface area contributed by atoms with E-state index in [9.17, 15) is 9.59 Å². The third-order valence-corrected chi connectivity index (χ3v) is 3.23. The van der Waals surface area contributed by atoms with Crippen LogP contribution in [0.2, 0.25) is 0 Å². The molecule has 2 aliphatic rings. The van der Waals surface area contributed by atoms with Crippen molar-refractivity contribution in [1.29, 1.82) is 0 Å². The quantitative estimate of drug-likeness (QED) is 0.529. The Balaban J connectivity index is 2.29. The van der Waals surface area contributed by atoms with E-state index >= 15 is 0 Å². The second-order valence-electron chi connectivity index (χ2n) is 4.09. The number of carbonyl (C=O) groups excluding carboxylic acids is 2. The minimum absolute atomic E-state index is 0.00116. The van der Waals surface area contributed by atoms with Gasteiger partial charge in [0.15, 0.2) is 0 Å². The van der Waals surface area contributed by atoms with Gasteiger partial charge in [-0.25, -0.2) is 0 Å². The predicted octanol–water partition coefficient (Wildman–Crippen LogP) is 1.75. The normalized spacial score (nSPS) is 39.0. The molecule has 13 heavy (non-hydrogen) atoms. The largest absolute Gasteiger partial charge is 0.299 e. The number of hydrogen-bond acceptors (Lipinski definition) is 2. The second-order valence-corrected chi connectivity index (χ2v) is 4.09. The van der Waals surface area contributed by atoms with Gasteiger partial charge < -0.3 is 0 Å². The highest BCUT2D eigenvalue weighted by Crippen LogP contribution is 2.36. The maximum Gasteiger partial charge on any atom is 0.137 e. The first-order valence-corrected chi connectivity index (χ1v) is 4.92. The van der Waals surface area contributed by atoms with E-state index in [1.54, 1.807) is 0 Å². The lowest BCUT2D eigenvalue weighted by Crippen LogP contribution is -2.39. The van der Waals surface area contributed by atoms with E-state index in [1.165, 1.54) is 0 Å². The van der Waals surface area contributed by atoms with Gasteiger partial charge in [-0.3, -0.25) is 9.59 Å². The summed E-state index contributed by atoms with van der Waals surface area (Å²) in [5.74, 6) is 0.838. The molecule has 0 bridgehead atoms. The monoisotopic (exact) mass is 178 g/mol. The zero-order valence-electron chi connectivity index (χ0n) is 7.82. The van der Waals surface area contributed by atoms with Crippen LogP contribution in [0.4, 0.5) is 0 Å². The number of allylic oxidation sites excluding steroid dienone is 2. The highest BCUT2D eigenvalue weighted by Gasteiger charge is 2.40. The Morgan fingerprint density at radius 3 is 2.62 bits per heavy atom. The molecule has 0 aromatic carbocycles.